The zero-order valence-electron chi connectivity index (χ0n) is 12.7. The molecule has 0 bridgehead atoms. The van der Waals surface area contributed by atoms with Crippen molar-refractivity contribution in [2.75, 3.05) is 6.61 Å². The summed E-state index contributed by atoms with van der Waals surface area (Å²) in [6, 6.07) is 8.39. The molecule has 108 valence electrons. The van der Waals surface area contributed by atoms with Gasteiger partial charge in [-0.15, -0.1) is 0 Å². The van der Waals surface area contributed by atoms with Crippen LogP contribution in [0.5, 0.6) is 5.75 Å². The second kappa shape index (κ2) is 6.03. The number of hydrogen-bond donors (Lipinski definition) is 0. The van der Waals surface area contributed by atoms with Gasteiger partial charge in [-0.3, -0.25) is 0 Å². The fraction of sp³-hybridized carbons (Fsp3) is 0.579. The van der Waals surface area contributed by atoms with E-state index in [-0.39, 0.29) is 0 Å². The van der Waals surface area contributed by atoms with Crippen LogP contribution in [0.2, 0.25) is 0 Å². The van der Waals surface area contributed by atoms with Crippen LogP contribution < -0.4 is 4.74 Å². The van der Waals surface area contributed by atoms with Crippen LogP contribution >= 0.6 is 0 Å². The molecule has 2 aliphatic carbocycles. The van der Waals surface area contributed by atoms with E-state index < -0.39 is 0 Å². The molecule has 0 saturated heterocycles. The molecular weight excluding hydrogens is 244 g/mol. The predicted molar refractivity (Wildman–Crippen MR) is 84.1 cm³/mol. The molecule has 0 aromatic heterocycles. The molecule has 1 heteroatoms. The molecular formula is C19H26O. The zero-order chi connectivity index (χ0) is 13.8. The van der Waals surface area contributed by atoms with Crippen molar-refractivity contribution in [2.24, 2.45) is 5.41 Å². The standard InChI is InChI=1S/C19H26O/c1-16-7-9-18(10-8-16)20-15-17-6-5-13-19(14-17)11-3-2-4-12-19/h7-10,14H,2-6,11-13,15H2,1H3. The van der Waals surface area contributed by atoms with Gasteiger partial charge in [0.05, 0.1) is 0 Å². The molecule has 1 saturated carbocycles. The quantitative estimate of drug-likeness (QED) is 0.665. The third-order valence-corrected chi connectivity index (χ3v) is 4.98. The summed E-state index contributed by atoms with van der Waals surface area (Å²) in [5.74, 6) is 1.000. The van der Waals surface area contributed by atoms with E-state index >= 15 is 0 Å². The number of aryl methyl sites for hydroxylation is 1. The van der Waals surface area contributed by atoms with E-state index in [2.05, 4.69) is 37.3 Å². The molecule has 0 N–H and O–H groups in total. The summed E-state index contributed by atoms with van der Waals surface area (Å²) in [5, 5.41) is 0. The third kappa shape index (κ3) is 3.26. The van der Waals surface area contributed by atoms with Crippen LogP contribution in [0.3, 0.4) is 0 Å². The highest BCUT2D eigenvalue weighted by molar-refractivity contribution is 5.27. The summed E-state index contributed by atoms with van der Waals surface area (Å²) in [7, 11) is 0. The highest BCUT2D eigenvalue weighted by Gasteiger charge is 2.32. The predicted octanol–water partition coefficient (Wildman–Crippen LogP) is 5.43. The largest absolute Gasteiger partial charge is 0.489 e. The lowest BCUT2D eigenvalue weighted by molar-refractivity contribution is 0.216. The number of hydrogen-bond acceptors (Lipinski definition) is 1. The molecule has 1 fully saturated rings. The van der Waals surface area contributed by atoms with E-state index in [0.29, 0.717) is 5.41 Å². The molecule has 0 heterocycles. The zero-order valence-corrected chi connectivity index (χ0v) is 12.7. The van der Waals surface area contributed by atoms with E-state index in [4.69, 9.17) is 4.74 Å². The first kappa shape index (κ1) is 13.7. The Bertz CT molecular complexity index is 463. The summed E-state index contributed by atoms with van der Waals surface area (Å²) in [5.41, 5.74) is 3.34. The number of rotatable bonds is 3. The van der Waals surface area contributed by atoms with Gasteiger partial charge in [-0.1, -0.05) is 43.0 Å². The van der Waals surface area contributed by atoms with Crippen molar-refractivity contribution >= 4 is 0 Å². The maximum absolute atomic E-state index is 5.97. The van der Waals surface area contributed by atoms with Crippen molar-refractivity contribution in [3.8, 4) is 5.75 Å². The van der Waals surface area contributed by atoms with Crippen LogP contribution in [-0.4, -0.2) is 6.61 Å². The van der Waals surface area contributed by atoms with Gasteiger partial charge in [-0.25, -0.2) is 0 Å². The van der Waals surface area contributed by atoms with Crippen LogP contribution in [-0.2, 0) is 0 Å². The molecule has 1 aromatic carbocycles. The summed E-state index contributed by atoms with van der Waals surface area (Å²) in [6.07, 6.45) is 13.7. The third-order valence-electron chi connectivity index (χ3n) is 4.98. The minimum atomic E-state index is 0.530. The van der Waals surface area contributed by atoms with Gasteiger partial charge in [0, 0.05) is 0 Å². The smallest absolute Gasteiger partial charge is 0.119 e. The van der Waals surface area contributed by atoms with E-state index in [9.17, 15) is 0 Å². The molecule has 20 heavy (non-hydrogen) atoms. The van der Waals surface area contributed by atoms with Gasteiger partial charge < -0.3 is 4.74 Å². The van der Waals surface area contributed by atoms with Crippen LogP contribution in [0.4, 0.5) is 0 Å². The average molecular weight is 270 g/mol. The SMILES string of the molecule is Cc1ccc(OCC2=CC3(CCCCC3)CCC2)cc1. The Labute approximate surface area is 123 Å². The minimum Gasteiger partial charge on any atom is -0.489 e. The molecule has 3 rings (SSSR count). The van der Waals surface area contributed by atoms with Gasteiger partial charge >= 0.3 is 0 Å². The Balaban J connectivity index is 1.63. The minimum absolute atomic E-state index is 0.530. The first-order chi connectivity index (χ1) is 9.76. The lowest BCUT2D eigenvalue weighted by Gasteiger charge is -2.38. The fourth-order valence-electron chi connectivity index (χ4n) is 3.82. The first-order valence-electron chi connectivity index (χ1n) is 8.16. The van der Waals surface area contributed by atoms with Gasteiger partial charge in [-0.2, -0.15) is 0 Å². The molecule has 2 aliphatic rings. The average Bonchev–Trinajstić information content (AvgIpc) is 2.48. The summed E-state index contributed by atoms with van der Waals surface area (Å²) in [6.45, 7) is 2.89. The van der Waals surface area contributed by atoms with Crippen molar-refractivity contribution in [1.82, 2.24) is 0 Å². The summed E-state index contributed by atoms with van der Waals surface area (Å²) >= 11 is 0. The normalized spacial score (nSPS) is 21.6. The Morgan fingerprint density at radius 1 is 0.950 bits per heavy atom. The first-order valence-corrected chi connectivity index (χ1v) is 8.16. The monoisotopic (exact) mass is 270 g/mol. The van der Waals surface area contributed by atoms with Crippen molar-refractivity contribution in [2.45, 2.75) is 58.3 Å². The molecule has 0 atom stereocenters. The van der Waals surface area contributed by atoms with Gasteiger partial charge in [-0.05, 0) is 62.1 Å². The second-order valence-corrected chi connectivity index (χ2v) is 6.68. The van der Waals surface area contributed by atoms with Crippen LogP contribution in [0, 0.1) is 12.3 Å². The lowest BCUT2D eigenvalue weighted by atomic mass is 9.67. The molecule has 1 aromatic rings. The number of allylic oxidation sites excluding steroid dienone is 1. The Hall–Kier alpha value is -1.24. The Morgan fingerprint density at radius 2 is 1.65 bits per heavy atom. The van der Waals surface area contributed by atoms with Crippen LogP contribution in [0.25, 0.3) is 0 Å². The molecule has 0 radical (unpaired) electrons. The van der Waals surface area contributed by atoms with E-state index in [0.717, 1.165) is 12.4 Å². The van der Waals surface area contributed by atoms with Crippen molar-refractivity contribution in [3.05, 3.63) is 41.5 Å². The van der Waals surface area contributed by atoms with E-state index in [1.54, 1.807) is 0 Å². The van der Waals surface area contributed by atoms with Gasteiger partial charge in [0.1, 0.15) is 12.4 Å². The Morgan fingerprint density at radius 3 is 2.40 bits per heavy atom. The Kier molecular flexibility index (Phi) is 4.14. The van der Waals surface area contributed by atoms with Crippen molar-refractivity contribution < 1.29 is 4.74 Å². The molecule has 1 nitrogen and oxygen atoms in total. The van der Waals surface area contributed by atoms with Gasteiger partial charge in [0.15, 0.2) is 0 Å². The van der Waals surface area contributed by atoms with Gasteiger partial charge in [0.2, 0.25) is 0 Å². The lowest BCUT2D eigenvalue weighted by Crippen LogP contribution is -2.25. The van der Waals surface area contributed by atoms with Crippen LogP contribution in [0.1, 0.15) is 56.9 Å². The highest BCUT2D eigenvalue weighted by Crippen LogP contribution is 2.45. The molecule has 0 aliphatic heterocycles. The second-order valence-electron chi connectivity index (χ2n) is 6.68. The number of ether oxygens (including phenoxy) is 1. The number of benzene rings is 1. The summed E-state index contributed by atoms with van der Waals surface area (Å²) < 4.78 is 5.97. The maximum atomic E-state index is 5.97. The van der Waals surface area contributed by atoms with Crippen molar-refractivity contribution in [3.63, 3.8) is 0 Å². The van der Waals surface area contributed by atoms with Crippen molar-refractivity contribution in [1.29, 1.82) is 0 Å². The molecule has 1 spiro atoms. The van der Waals surface area contributed by atoms with E-state index in [1.807, 2.05) is 0 Å². The van der Waals surface area contributed by atoms with Gasteiger partial charge in [0.25, 0.3) is 0 Å². The molecule has 0 unspecified atom stereocenters. The van der Waals surface area contributed by atoms with Crippen LogP contribution in [0.15, 0.2) is 35.9 Å². The van der Waals surface area contributed by atoms with E-state index in [1.165, 1.54) is 62.5 Å². The molecule has 0 amide bonds. The maximum Gasteiger partial charge on any atom is 0.119 e. The fourth-order valence-corrected chi connectivity index (χ4v) is 3.82. The topological polar surface area (TPSA) is 9.23 Å². The summed E-state index contributed by atoms with van der Waals surface area (Å²) in [4.78, 5) is 0. The highest BCUT2D eigenvalue weighted by atomic mass is 16.5.